The fourth-order valence-electron chi connectivity index (χ4n) is 2.00. The molecule has 1 saturated heterocycles. The van der Waals surface area contributed by atoms with Crippen LogP contribution in [0.3, 0.4) is 0 Å². The second kappa shape index (κ2) is 5.19. The Morgan fingerprint density at radius 2 is 2.29 bits per heavy atom. The molecule has 1 fully saturated rings. The van der Waals surface area contributed by atoms with Gasteiger partial charge in [-0.05, 0) is 38.1 Å². The number of hydrogen-bond donors (Lipinski definition) is 2. The van der Waals surface area contributed by atoms with Gasteiger partial charge in [0.15, 0.2) is 0 Å². The highest BCUT2D eigenvalue weighted by Crippen LogP contribution is 2.21. The van der Waals surface area contributed by atoms with Gasteiger partial charge in [-0.25, -0.2) is 4.79 Å². The minimum atomic E-state index is 0.00510. The van der Waals surface area contributed by atoms with Gasteiger partial charge in [-0.2, -0.15) is 0 Å². The van der Waals surface area contributed by atoms with Crippen LogP contribution in [0.2, 0.25) is 0 Å². The first-order chi connectivity index (χ1) is 8.22. The standard InChI is InChI=1S/C13H19N3O/c1-10(14-2)11-5-3-6-12(9-11)16-8-4-7-15-13(16)17/h3,5-6,9-10,14H,4,7-8H2,1-2H3,(H,15,17). The van der Waals surface area contributed by atoms with E-state index in [9.17, 15) is 4.79 Å². The van der Waals surface area contributed by atoms with Crippen LogP contribution in [0.1, 0.15) is 24.9 Å². The molecule has 1 aromatic rings. The number of urea groups is 1. The fraction of sp³-hybridized carbons (Fsp3) is 0.462. The zero-order valence-electron chi connectivity index (χ0n) is 10.4. The zero-order valence-corrected chi connectivity index (χ0v) is 10.4. The summed E-state index contributed by atoms with van der Waals surface area (Å²) in [5.74, 6) is 0. The molecule has 0 radical (unpaired) electrons. The molecule has 92 valence electrons. The number of carbonyl (C=O) groups excluding carboxylic acids is 1. The van der Waals surface area contributed by atoms with Crippen LogP contribution >= 0.6 is 0 Å². The Morgan fingerprint density at radius 1 is 1.47 bits per heavy atom. The van der Waals surface area contributed by atoms with Crippen molar-refractivity contribution in [3.8, 4) is 0 Å². The van der Waals surface area contributed by atoms with E-state index >= 15 is 0 Å². The molecule has 0 spiro atoms. The maximum Gasteiger partial charge on any atom is 0.321 e. The van der Waals surface area contributed by atoms with Crippen LogP contribution < -0.4 is 15.5 Å². The van der Waals surface area contributed by atoms with E-state index in [4.69, 9.17) is 0 Å². The summed E-state index contributed by atoms with van der Waals surface area (Å²) in [6.45, 7) is 3.68. The number of nitrogens with one attached hydrogen (secondary N) is 2. The predicted molar refractivity (Wildman–Crippen MR) is 69.3 cm³/mol. The lowest BCUT2D eigenvalue weighted by Crippen LogP contribution is -2.46. The smallest absolute Gasteiger partial charge is 0.321 e. The van der Waals surface area contributed by atoms with E-state index in [0.29, 0.717) is 6.04 Å². The summed E-state index contributed by atoms with van der Waals surface area (Å²) in [6.07, 6.45) is 0.998. The first kappa shape index (κ1) is 11.9. The summed E-state index contributed by atoms with van der Waals surface area (Å²) >= 11 is 0. The summed E-state index contributed by atoms with van der Waals surface area (Å²) in [7, 11) is 1.94. The molecular weight excluding hydrogens is 214 g/mol. The maximum absolute atomic E-state index is 11.7. The largest absolute Gasteiger partial charge is 0.338 e. The van der Waals surface area contributed by atoms with Crippen molar-refractivity contribution >= 4 is 11.7 Å². The van der Waals surface area contributed by atoms with Gasteiger partial charge >= 0.3 is 6.03 Å². The number of benzene rings is 1. The van der Waals surface area contributed by atoms with Crippen LogP contribution in [-0.4, -0.2) is 26.2 Å². The molecular formula is C13H19N3O. The van der Waals surface area contributed by atoms with Gasteiger partial charge in [0.1, 0.15) is 0 Å². The predicted octanol–water partition coefficient (Wildman–Crippen LogP) is 1.89. The first-order valence-electron chi connectivity index (χ1n) is 6.05. The first-order valence-corrected chi connectivity index (χ1v) is 6.05. The van der Waals surface area contributed by atoms with Gasteiger partial charge in [-0.3, -0.25) is 4.90 Å². The quantitative estimate of drug-likeness (QED) is 0.837. The van der Waals surface area contributed by atoms with Gasteiger partial charge in [0.05, 0.1) is 0 Å². The molecule has 2 amide bonds. The average molecular weight is 233 g/mol. The minimum absolute atomic E-state index is 0.00510. The van der Waals surface area contributed by atoms with Crippen LogP contribution in [0, 0.1) is 0 Å². The highest BCUT2D eigenvalue weighted by atomic mass is 16.2. The number of amides is 2. The summed E-state index contributed by atoms with van der Waals surface area (Å²) < 4.78 is 0. The Hall–Kier alpha value is -1.55. The van der Waals surface area contributed by atoms with Crippen molar-refractivity contribution in [1.29, 1.82) is 0 Å². The Kier molecular flexibility index (Phi) is 3.64. The van der Waals surface area contributed by atoms with Crippen molar-refractivity contribution in [2.75, 3.05) is 25.0 Å². The molecule has 1 aliphatic rings. The fourth-order valence-corrected chi connectivity index (χ4v) is 2.00. The molecule has 1 aliphatic heterocycles. The van der Waals surface area contributed by atoms with Crippen molar-refractivity contribution in [2.45, 2.75) is 19.4 Å². The van der Waals surface area contributed by atoms with Gasteiger partial charge in [-0.1, -0.05) is 12.1 Å². The number of anilines is 1. The number of nitrogens with zero attached hydrogens (tertiary/aromatic N) is 1. The SMILES string of the molecule is CNC(C)c1cccc(N2CCCNC2=O)c1. The second-order valence-corrected chi connectivity index (χ2v) is 4.34. The van der Waals surface area contributed by atoms with E-state index < -0.39 is 0 Å². The Labute approximate surface area is 102 Å². The van der Waals surface area contributed by atoms with Gasteiger partial charge < -0.3 is 10.6 Å². The number of carbonyl (C=O) groups is 1. The third kappa shape index (κ3) is 2.58. The van der Waals surface area contributed by atoms with Crippen LogP contribution in [0.5, 0.6) is 0 Å². The van der Waals surface area contributed by atoms with E-state index in [0.717, 1.165) is 25.2 Å². The van der Waals surface area contributed by atoms with Crippen molar-refractivity contribution in [3.05, 3.63) is 29.8 Å². The van der Waals surface area contributed by atoms with E-state index in [1.807, 2.05) is 19.2 Å². The van der Waals surface area contributed by atoms with Crippen molar-refractivity contribution in [2.24, 2.45) is 0 Å². The number of rotatable bonds is 3. The molecule has 0 bridgehead atoms. The Balaban J connectivity index is 2.23. The molecule has 4 heteroatoms. The Morgan fingerprint density at radius 3 is 3.00 bits per heavy atom. The van der Waals surface area contributed by atoms with Crippen molar-refractivity contribution < 1.29 is 4.79 Å². The van der Waals surface area contributed by atoms with Crippen LogP contribution in [0.4, 0.5) is 10.5 Å². The normalized spacial score (nSPS) is 17.8. The van der Waals surface area contributed by atoms with E-state index in [1.165, 1.54) is 5.56 Å². The molecule has 17 heavy (non-hydrogen) atoms. The molecule has 2 N–H and O–H groups in total. The lowest BCUT2D eigenvalue weighted by atomic mass is 10.1. The molecule has 0 saturated carbocycles. The molecule has 0 aliphatic carbocycles. The third-order valence-electron chi connectivity index (χ3n) is 3.19. The molecule has 1 atom stereocenters. The minimum Gasteiger partial charge on any atom is -0.338 e. The lowest BCUT2D eigenvalue weighted by molar-refractivity contribution is 0.243. The van der Waals surface area contributed by atoms with Gasteiger partial charge in [0.25, 0.3) is 0 Å². The van der Waals surface area contributed by atoms with E-state index in [2.05, 4.69) is 29.7 Å². The molecule has 1 unspecified atom stereocenters. The summed E-state index contributed by atoms with van der Waals surface area (Å²) in [5.41, 5.74) is 2.17. The second-order valence-electron chi connectivity index (χ2n) is 4.34. The zero-order chi connectivity index (χ0) is 12.3. The van der Waals surface area contributed by atoms with Crippen LogP contribution in [0.25, 0.3) is 0 Å². The monoisotopic (exact) mass is 233 g/mol. The van der Waals surface area contributed by atoms with Crippen LogP contribution in [0.15, 0.2) is 24.3 Å². The average Bonchev–Trinajstić information content (AvgIpc) is 2.38. The Bertz CT molecular complexity index is 405. The van der Waals surface area contributed by atoms with Crippen LogP contribution in [-0.2, 0) is 0 Å². The van der Waals surface area contributed by atoms with Gasteiger partial charge in [0.2, 0.25) is 0 Å². The van der Waals surface area contributed by atoms with Crippen molar-refractivity contribution in [3.63, 3.8) is 0 Å². The topological polar surface area (TPSA) is 44.4 Å². The van der Waals surface area contributed by atoms with Gasteiger partial charge in [0, 0.05) is 24.8 Å². The van der Waals surface area contributed by atoms with E-state index in [-0.39, 0.29) is 6.03 Å². The lowest BCUT2D eigenvalue weighted by Gasteiger charge is -2.28. The molecule has 0 aromatic heterocycles. The van der Waals surface area contributed by atoms with Gasteiger partial charge in [-0.15, -0.1) is 0 Å². The summed E-state index contributed by atoms with van der Waals surface area (Å²) in [5, 5.41) is 6.07. The molecule has 4 nitrogen and oxygen atoms in total. The number of hydrogen-bond acceptors (Lipinski definition) is 2. The highest BCUT2D eigenvalue weighted by Gasteiger charge is 2.19. The summed E-state index contributed by atoms with van der Waals surface area (Å²) in [6, 6.07) is 8.43. The van der Waals surface area contributed by atoms with E-state index in [1.54, 1.807) is 4.90 Å². The molecule has 1 aromatic carbocycles. The van der Waals surface area contributed by atoms with Crippen molar-refractivity contribution in [1.82, 2.24) is 10.6 Å². The molecule has 1 heterocycles. The maximum atomic E-state index is 11.7. The summed E-state index contributed by atoms with van der Waals surface area (Å²) in [4.78, 5) is 13.5. The third-order valence-corrected chi connectivity index (χ3v) is 3.19. The molecule has 2 rings (SSSR count). The highest BCUT2D eigenvalue weighted by molar-refractivity contribution is 5.92.